The van der Waals surface area contributed by atoms with Crippen LogP contribution >= 0.6 is 0 Å². The van der Waals surface area contributed by atoms with E-state index in [1.807, 2.05) is 12.1 Å². The minimum atomic E-state index is -1.71. The van der Waals surface area contributed by atoms with Gasteiger partial charge in [-0.2, -0.15) is 3.63 Å². The first-order chi connectivity index (χ1) is 8.27. The molecule has 3 nitrogen and oxygen atoms in total. The summed E-state index contributed by atoms with van der Waals surface area (Å²) < 4.78 is 28.4. The Labute approximate surface area is 105 Å². The van der Waals surface area contributed by atoms with Crippen LogP contribution in [0.3, 0.4) is 0 Å². The van der Waals surface area contributed by atoms with Gasteiger partial charge in [0.15, 0.2) is 0 Å². The maximum atomic E-state index is 11.7. The van der Waals surface area contributed by atoms with Gasteiger partial charge in [0.25, 0.3) is 0 Å². The third-order valence-electron chi connectivity index (χ3n) is 1.99. The van der Waals surface area contributed by atoms with Crippen LogP contribution in [0.4, 0.5) is 0 Å². The number of rotatable bonds is 4. The lowest BCUT2D eigenvalue weighted by atomic mass is 10.4. The van der Waals surface area contributed by atoms with Gasteiger partial charge in [0.05, 0.1) is 9.79 Å². The standard InChI is InChI=1S/C12H10O3S2/c13-16(11-7-3-1-4-8-11)15-17(14)12-9-5-2-6-10-12/h1-10H. The maximum absolute atomic E-state index is 11.7. The molecule has 0 atom stereocenters. The maximum Gasteiger partial charge on any atom is 0.203 e. The van der Waals surface area contributed by atoms with E-state index in [2.05, 4.69) is 0 Å². The van der Waals surface area contributed by atoms with Crippen LogP contribution in [0.2, 0.25) is 0 Å². The van der Waals surface area contributed by atoms with Gasteiger partial charge in [0.2, 0.25) is 22.2 Å². The second kappa shape index (κ2) is 5.86. The van der Waals surface area contributed by atoms with Crippen molar-refractivity contribution in [3.8, 4) is 0 Å². The summed E-state index contributed by atoms with van der Waals surface area (Å²) in [4.78, 5) is 0.994. The molecule has 2 rings (SSSR count). The average Bonchev–Trinajstić information content (AvgIpc) is 2.40. The van der Waals surface area contributed by atoms with Crippen molar-refractivity contribution >= 4 is 22.2 Å². The molecule has 0 bridgehead atoms. The number of hydrogen-bond donors (Lipinski definition) is 0. The van der Waals surface area contributed by atoms with Gasteiger partial charge in [-0.25, -0.2) is 8.42 Å². The summed E-state index contributed by atoms with van der Waals surface area (Å²) >= 11 is -3.43. The van der Waals surface area contributed by atoms with Gasteiger partial charge < -0.3 is 0 Å². The molecular weight excluding hydrogens is 256 g/mol. The predicted molar refractivity (Wildman–Crippen MR) is 66.8 cm³/mol. The zero-order valence-corrected chi connectivity index (χ0v) is 10.4. The van der Waals surface area contributed by atoms with Crippen molar-refractivity contribution in [2.75, 3.05) is 0 Å². The van der Waals surface area contributed by atoms with Crippen LogP contribution in [0.5, 0.6) is 0 Å². The third-order valence-corrected chi connectivity index (χ3v) is 4.30. The fourth-order valence-corrected chi connectivity index (χ4v) is 3.03. The van der Waals surface area contributed by atoms with Crippen LogP contribution in [0, 0.1) is 0 Å². The lowest BCUT2D eigenvalue weighted by Crippen LogP contribution is -2.02. The van der Waals surface area contributed by atoms with Crippen LogP contribution in [-0.2, 0) is 25.8 Å². The van der Waals surface area contributed by atoms with E-state index in [-0.39, 0.29) is 0 Å². The van der Waals surface area contributed by atoms with Crippen LogP contribution < -0.4 is 0 Å². The number of hydrogen-bond acceptors (Lipinski definition) is 3. The Bertz CT molecular complexity index is 476. The van der Waals surface area contributed by atoms with E-state index in [0.717, 1.165) is 0 Å². The molecule has 0 amide bonds. The Balaban J connectivity index is 2.08. The van der Waals surface area contributed by atoms with E-state index >= 15 is 0 Å². The predicted octanol–water partition coefficient (Wildman–Crippen LogP) is 2.45. The van der Waals surface area contributed by atoms with Crippen molar-refractivity contribution in [1.82, 2.24) is 0 Å². The molecule has 0 spiro atoms. The first kappa shape index (κ1) is 12.2. The van der Waals surface area contributed by atoms with Crippen LogP contribution in [0.15, 0.2) is 70.5 Å². The van der Waals surface area contributed by atoms with Crippen molar-refractivity contribution in [3.63, 3.8) is 0 Å². The van der Waals surface area contributed by atoms with Crippen LogP contribution in [0.1, 0.15) is 0 Å². The summed E-state index contributed by atoms with van der Waals surface area (Å²) in [6.07, 6.45) is 0. The van der Waals surface area contributed by atoms with E-state index in [1.165, 1.54) is 0 Å². The molecule has 0 N–H and O–H groups in total. The highest BCUT2D eigenvalue weighted by Crippen LogP contribution is 2.13. The van der Waals surface area contributed by atoms with Gasteiger partial charge in [-0.05, 0) is 24.3 Å². The van der Waals surface area contributed by atoms with Crippen molar-refractivity contribution in [1.29, 1.82) is 0 Å². The molecular formula is C12H10O3S2. The molecule has 0 aromatic heterocycles. The van der Waals surface area contributed by atoms with Gasteiger partial charge in [-0.15, -0.1) is 0 Å². The summed E-state index contributed by atoms with van der Waals surface area (Å²) in [5.74, 6) is 0. The van der Waals surface area contributed by atoms with Crippen molar-refractivity contribution in [3.05, 3.63) is 60.7 Å². The molecule has 0 heterocycles. The first-order valence-electron chi connectivity index (χ1n) is 4.90. The second-order valence-electron chi connectivity index (χ2n) is 3.16. The zero-order valence-electron chi connectivity index (χ0n) is 8.81. The van der Waals surface area contributed by atoms with E-state index in [4.69, 9.17) is 3.63 Å². The minimum Gasteiger partial charge on any atom is -0.223 e. The topological polar surface area (TPSA) is 43.4 Å². The molecule has 88 valence electrons. The second-order valence-corrected chi connectivity index (χ2v) is 5.59. The molecule has 0 saturated heterocycles. The fraction of sp³-hybridized carbons (Fsp3) is 0. The van der Waals surface area contributed by atoms with E-state index in [0.29, 0.717) is 9.79 Å². The van der Waals surface area contributed by atoms with E-state index < -0.39 is 22.2 Å². The minimum absolute atomic E-state index is 0.497. The molecule has 5 heteroatoms. The Morgan fingerprint density at radius 1 is 0.647 bits per heavy atom. The third kappa shape index (κ3) is 3.33. The van der Waals surface area contributed by atoms with Gasteiger partial charge >= 0.3 is 0 Å². The molecule has 0 fully saturated rings. The van der Waals surface area contributed by atoms with Gasteiger partial charge in [0, 0.05) is 0 Å². The first-order valence-corrected chi connectivity index (χ1v) is 7.05. The van der Waals surface area contributed by atoms with Gasteiger partial charge in [0.1, 0.15) is 0 Å². The largest absolute Gasteiger partial charge is 0.223 e. The molecule has 17 heavy (non-hydrogen) atoms. The molecule has 2 aromatic rings. The Morgan fingerprint density at radius 3 is 1.35 bits per heavy atom. The monoisotopic (exact) mass is 266 g/mol. The summed E-state index contributed by atoms with van der Waals surface area (Å²) in [5, 5.41) is 0. The summed E-state index contributed by atoms with van der Waals surface area (Å²) in [7, 11) is 0. The zero-order chi connectivity index (χ0) is 12.1. The highest BCUT2D eigenvalue weighted by Gasteiger charge is 2.11. The molecule has 0 saturated carbocycles. The van der Waals surface area contributed by atoms with Crippen LogP contribution in [-0.4, -0.2) is 8.42 Å². The Kier molecular flexibility index (Phi) is 4.19. The number of benzene rings is 2. The quantitative estimate of drug-likeness (QED) is 0.853. The average molecular weight is 266 g/mol. The SMILES string of the molecule is O=S(OS(=O)c1ccccc1)c1ccccc1. The molecule has 2 aromatic carbocycles. The van der Waals surface area contributed by atoms with Crippen molar-refractivity contribution in [2.24, 2.45) is 0 Å². The molecule has 0 aliphatic heterocycles. The normalized spacial score (nSPS) is 14.1. The molecule has 0 unspecified atom stereocenters. The van der Waals surface area contributed by atoms with Crippen molar-refractivity contribution in [2.45, 2.75) is 9.79 Å². The van der Waals surface area contributed by atoms with E-state index in [9.17, 15) is 8.42 Å². The highest BCUT2D eigenvalue weighted by atomic mass is 32.3. The summed E-state index contributed by atoms with van der Waals surface area (Å²) in [6.45, 7) is 0. The lowest BCUT2D eigenvalue weighted by Gasteiger charge is -2.02. The Morgan fingerprint density at radius 2 is 1.00 bits per heavy atom. The lowest BCUT2D eigenvalue weighted by molar-refractivity contribution is 0.565. The summed E-state index contributed by atoms with van der Waals surface area (Å²) in [6, 6.07) is 17.3. The van der Waals surface area contributed by atoms with Crippen LogP contribution in [0.25, 0.3) is 0 Å². The molecule has 0 aliphatic rings. The van der Waals surface area contributed by atoms with Gasteiger partial charge in [-0.1, -0.05) is 36.4 Å². The van der Waals surface area contributed by atoms with E-state index in [1.54, 1.807) is 48.5 Å². The summed E-state index contributed by atoms with van der Waals surface area (Å²) in [5.41, 5.74) is 0. The molecule has 0 radical (unpaired) electrons. The molecule has 0 aliphatic carbocycles. The van der Waals surface area contributed by atoms with Crippen molar-refractivity contribution < 1.29 is 12.0 Å². The Hall–Kier alpha value is -1.30. The van der Waals surface area contributed by atoms with Gasteiger partial charge in [-0.3, -0.25) is 0 Å². The fourth-order valence-electron chi connectivity index (χ4n) is 1.20. The highest BCUT2D eigenvalue weighted by molar-refractivity contribution is 7.93. The smallest absolute Gasteiger partial charge is 0.203 e.